The van der Waals surface area contributed by atoms with Crippen molar-refractivity contribution in [2.24, 2.45) is 5.73 Å². The van der Waals surface area contributed by atoms with Crippen LogP contribution in [0.1, 0.15) is 18.9 Å². The molecule has 2 atom stereocenters. The van der Waals surface area contributed by atoms with Crippen LogP contribution in [-0.2, 0) is 6.54 Å². The van der Waals surface area contributed by atoms with Crippen LogP contribution >= 0.6 is 15.9 Å². The number of nitrogens with two attached hydrogens (primary N) is 1. The molecule has 1 fully saturated rings. The molecule has 1 aliphatic rings. The predicted molar refractivity (Wildman–Crippen MR) is 81.9 cm³/mol. The first-order chi connectivity index (χ1) is 9.16. The first-order valence-corrected chi connectivity index (χ1v) is 7.48. The minimum absolute atomic E-state index is 0.301. The number of hydrogen-bond acceptors (Lipinski definition) is 3. The van der Waals surface area contributed by atoms with Crippen LogP contribution in [0.3, 0.4) is 0 Å². The van der Waals surface area contributed by atoms with E-state index in [2.05, 4.69) is 50.9 Å². The van der Waals surface area contributed by atoms with E-state index in [1.165, 1.54) is 10.9 Å². The zero-order chi connectivity index (χ0) is 13.4. The minimum atomic E-state index is 0.301. The van der Waals surface area contributed by atoms with Gasteiger partial charge in [0.25, 0.3) is 0 Å². The van der Waals surface area contributed by atoms with Crippen molar-refractivity contribution >= 4 is 26.8 Å². The van der Waals surface area contributed by atoms with Crippen molar-refractivity contribution in [3.05, 3.63) is 40.5 Å². The molecule has 0 radical (unpaired) electrons. The van der Waals surface area contributed by atoms with Gasteiger partial charge in [0.1, 0.15) is 0 Å². The van der Waals surface area contributed by atoms with Crippen LogP contribution in [-0.4, -0.2) is 28.5 Å². The molecule has 0 saturated carbocycles. The van der Waals surface area contributed by atoms with Crippen molar-refractivity contribution in [2.45, 2.75) is 32.0 Å². The lowest BCUT2D eigenvalue weighted by Gasteiger charge is -2.23. The van der Waals surface area contributed by atoms with E-state index in [9.17, 15) is 0 Å². The summed E-state index contributed by atoms with van der Waals surface area (Å²) >= 11 is 3.59. The van der Waals surface area contributed by atoms with Gasteiger partial charge in [-0.05, 0) is 31.0 Å². The van der Waals surface area contributed by atoms with Gasteiger partial charge in [0.2, 0.25) is 0 Å². The molecule has 1 aliphatic heterocycles. The normalized spacial score (nSPS) is 24.2. The SMILES string of the molecule is CC1C(N)CCN1Cc1ccc(Br)c2cccnc12. The molecular weight excluding hydrogens is 302 g/mol. The maximum absolute atomic E-state index is 6.09. The Bertz CT molecular complexity index is 599. The number of nitrogens with zero attached hydrogens (tertiary/aromatic N) is 2. The Morgan fingerprint density at radius 1 is 1.42 bits per heavy atom. The largest absolute Gasteiger partial charge is 0.326 e. The van der Waals surface area contributed by atoms with Crippen LogP contribution in [0.5, 0.6) is 0 Å². The molecule has 1 aromatic carbocycles. The molecule has 19 heavy (non-hydrogen) atoms. The Morgan fingerprint density at radius 2 is 2.26 bits per heavy atom. The smallest absolute Gasteiger partial charge is 0.0758 e. The lowest BCUT2D eigenvalue weighted by molar-refractivity contribution is 0.252. The molecule has 0 bridgehead atoms. The van der Waals surface area contributed by atoms with Crippen molar-refractivity contribution < 1.29 is 0 Å². The van der Waals surface area contributed by atoms with Gasteiger partial charge in [-0.15, -0.1) is 0 Å². The van der Waals surface area contributed by atoms with Gasteiger partial charge >= 0.3 is 0 Å². The highest BCUT2D eigenvalue weighted by Crippen LogP contribution is 2.27. The van der Waals surface area contributed by atoms with E-state index in [0.29, 0.717) is 12.1 Å². The van der Waals surface area contributed by atoms with E-state index in [0.717, 1.165) is 29.5 Å². The van der Waals surface area contributed by atoms with Crippen LogP contribution in [0.15, 0.2) is 34.9 Å². The average molecular weight is 320 g/mol. The molecule has 3 nitrogen and oxygen atoms in total. The highest BCUT2D eigenvalue weighted by molar-refractivity contribution is 9.10. The van der Waals surface area contributed by atoms with Gasteiger partial charge < -0.3 is 5.73 Å². The second kappa shape index (κ2) is 5.19. The Morgan fingerprint density at radius 3 is 3.00 bits per heavy atom. The van der Waals surface area contributed by atoms with E-state index in [1.807, 2.05) is 12.3 Å². The second-order valence-corrected chi connectivity index (χ2v) is 6.12. The fourth-order valence-corrected chi connectivity index (χ4v) is 3.25. The van der Waals surface area contributed by atoms with Crippen molar-refractivity contribution in [2.75, 3.05) is 6.54 Å². The van der Waals surface area contributed by atoms with Crippen molar-refractivity contribution in [3.63, 3.8) is 0 Å². The Balaban J connectivity index is 1.96. The number of rotatable bonds is 2. The van der Waals surface area contributed by atoms with E-state index in [1.54, 1.807) is 0 Å². The number of hydrogen-bond donors (Lipinski definition) is 1. The zero-order valence-electron chi connectivity index (χ0n) is 11.0. The molecule has 100 valence electrons. The maximum Gasteiger partial charge on any atom is 0.0758 e. The topological polar surface area (TPSA) is 42.1 Å². The fraction of sp³-hybridized carbons (Fsp3) is 0.400. The van der Waals surface area contributed by atoms with Crippen molar-refractivity contribution in [1.29, 1.82) is 0 Å². The van der Waals surface area contributed by atoms with E-state index in [4.69, 9.17) is 5.73 Å². The number of benzene rings is 1. The van der Waals surface area contributed by atoms with Gasteiger partial charge in [-0.1, -0.05) is 28.1 Å². The van der Waals surface area contributed by atoms with Gasteiger partial charge in [0.15, 0.2) is 0 Å². The number of aromatic nitrogens is 1. The first kappa shape index (κ1) is 13.0. The highest BCUT2D eigenvalue weighted by Gasteiger charge is 2.27. The van der Waals surface area contributed by atoms with Gasteiger partial charge in [-0.25, -0.2) is 0 Å². The molecule has 1 aromatic heterocycles. The average Bonchev–Trinajstić information content (AvgIpc) is 2.74. The maximum atomic E-state index is 6.09. The molecule has 2 heterocycles. The zero-order valence-corrected chi connectivity index (χ0v) is 12.6. The van der Waals surface area contributed by atoms with E-state index in [-0.39, 0.29) is 0 Å². The summed E-state index contributed by atoms with van der Waals surface area (Å²) in [5, 5.41) is 1.18. The van der Waals surface area contributed by atoms with Crippen LogP contribution in [0, 0.1) is 0 Å². The van der Waals surface area contributed by atoms with Gasteiger partial charge in [-0.2, -0.15) is 0 Å². The summed E-state index contributed by atoms with van der Waals surface area (Å²) in [6.07, 6.45) is 2.94. The molecule has 0 spiro atoms. The summed E-state index contributed by atoms with van der Waals surface area (Å²) in [6, 6.07) is 9.10. The molecule has 4 heteroatoms. The Hall–Kier alpha value is -0.970. The van der Waals surface area contributed by atoms with Crippen LogP contribution in [0.4, 0.5) is 0 Å². The van der Waals surface area contributed by atoms with Crippen molar-refractivity contribution in [3.8, 4) is 0 Å². The quantitative estimate of drug-likeness (QED) is 0.925. The molecule has 0 amide bonds. The van der Waals surface area contributed by atoms with E-state index >= 15 is 0 Å². The monoisotopic (exact) mass is 319 g/mol. The number of fused-ring (bicyclic) bond motifs is 1. The van der Waals surface area contributed by atoms with Crippen molar-refractivity contribution in [1.82, 2.24) is 9.88 Å². The first-order valence-electron chi connectivity index (χ1n) is 6.68. The van der Waals surface area contributed by atoms with Crippen LogP contribution in [0.2, 0.25) is 0 Å². The third kappa shape index (κ3) is 2.40. The highest BCUT2D eigenvalue weighted by atomic mass is 79.9. The van der Waals surface area contributed by atoms with Gasteiger partial charge in [-0.3, -0.25) is 9.88 Å². The molecule has 0 aliphatic carbocycles. The fourth-order valence-electron chi connectivity index (χ4n) is 2.80. The summed E-state index contributed by atoms with van der Waals surface area (Å²) in [5.41, 5.74) is 8.46. The van der Waals surface area contributed by atoms with Gasteiger partial charge in [0.05, 0.1) is 5.52 Å². The summed E-state index contributed by atoms with van der Waals surface area (Å²) in [6.45, 7) is 4.22. The standard InChI is InChI=1S/C15H18BrN3/c1-10-14(17)6-8-19(10)9-11-4-5-13(16)12-3-2-7-18-15(11)12/h2-5,7,10,14H,6,8-9,17H2,1H3. The minimum Gasteiger partial charge on any atom is -0.326 e. The summed E-state index contributed by atoms with van der Waals surface area (Å²) in [5.74, 6) is 0. The summed E-state index contributed by atoms with van der Waals surface area (Å²) in [4.78, 5) is 6.99. The third-order valence-corrected chi connectivity index (χ3v) is 4.81. The predicted octanol–water partition coefficient (Wildman–Crippen LogP) is 2.92. The lowest BCUT2D eigenvalue weighted by Crippen LogP contribution is -2.36. The van der Waals surface area contributed by atoms with Gasteiger partial charge in [0, 0.05) is 41.2 Å². The Kier molecular flexibility index (Phi) is 3.56. The molecule has 3 rings (SSSR count). The van der Waals surface area contributed by atoms with Crippen LogP contribution in [0.25, 0.3) is 10.9 Å². The molecule has 2 N–H and O–H groups in total. The Labute approximate surface area is 121 Å². The third-order valence-electron chi connectivity index (χ3n) is 4.12. The van der Waals surface area contributed by atoms with E-state index < -0.39 is 0 Å². The summed E-state index contributed by atoms with van der Waals surface area (Å²) < 4.78 is 1.10. The summed E-state index contributed by atoms with van der Waals surface area (Å²) in [7, 11) is 0. The number of pyridine rings is 1. The molecule has 1 saturated heterocycles. The molecule has 2 aromatic rings. The molecular formula is C15H18BrN3. The second-order valence-electron chi connectivity index (χ2n) is 5.27. The van der Waals surface area contributed by atoms with Crippen LogP contribution < -0.4 is 5.73 Å². The molecule has 2 unspecified atom stereocenters. The number of likely N-dealkylation sites (tertiary alicyclic amines) is 1. The number of halogens is 1. The lowest BCUT2D eigenvalue weighted by atomic mass is 10.1.